The Morgan fingerprint density at radius 1 is 1.48 bits per heavy atom. The fourth-order valence-electron chi connectivity index (χ4n) is 1.91. The van der Waals surface area contributed by atoms with Crippen LogP contribution in [0, 0.1) is 0 Å². The average molecular weight is 311 g/mol. The van der Waals surface area contributed by atoms with E-state index >= 15 is 0 Å². The molecular weight excluding hydrogens is 298 g/mol. The van der Waals surface area contributed by atoms with Crippen LogP contribution >= 0.6 is 11.3 Å². The first-order valence-electron chi connectivity index (χ1n) is 6.03. The fourth-order valence-corrected chi connectivity index (χ4v) is 2.68. The maximum atomic E-state index is 11.8. The molecule has 8 nitrogen and oxygen atoms in total. The highest BCUT2D eigenvalue weighted by Gasteiger charge is 2.37. The number of rotatable bonds is 4. The molecule has 0 aromatic carbocycles. The number of amides is 4. The number of nitrogens with zero attached hydrogens (tertiary/aromatic N) is 1. The van der Waals surface area contributed by atoms with Gasteiger partial charge in [-0.2, -0.15) is 0 Å². The van der Waals surface area contributed by atoms with E-state index in [-0.39, 0.29) is 6.42 Å². The molecule has 1 aromatic rings. The second-order valence-electron chi connectivity index (χ2n) is 4.45. The van der Waals surface area contributed by atoms with Gasteiger partial charge in [-0.05, 0) is 11.4 Å². The van der Waals surface area contributed by atoms with Crippen molar-refractivity contribution in [3.63, 3.8) is 0 Å². The summed E-state index contributed by atoms with van der Waals surface area (Å²) in [5.41, 5.74) is 0. The summed E-state index contributed by atoms with van der Waals surface area (Å²) < 4.78 is 0. The first-order valence-corrected chi connectivity index (χ1v) is 6.91. The molecule has 1 aliphatic rings. The predicted molar refractivity (Wildman–Crippen MR) is 72.5 cm³/mol. The largest absolute Gasteiger partial charge is 0.479 e. The zero-order valence-electron chi connectivity index (χ0n) is 11.0. The van der Waals surface area contributed by atoms with Crippen molar-refractivity contribution in [2.45, 2.75) is 18.5 Å². The third-order valence-corrected chi connectivity index (χ3v) is 3.97. The molecule has 2 rings (SSSR count). The molecular formula is C12H13N3O5S. The molecule has 0 radical (unpaired) electrons. The number of hydrogen-bond acceptors (Lipinski definition) is 5. The van der Waals surface area contributed by atoms with Crippen LogP contribution in [-0.4, -0.2) is 46.9 Å². The third kappa shape index (κ3) is 3.19. The van der Waals surface area contributed by atoms with E-state index in [9.17, 15) is 19.2 Å². The number of likely N-dealkylation sites (tertiary alicyclic amines) is 1. The minimum Gasteiger partial charge on any atom is -0.479 e. The van der Waals surface area contributed by atoms with Crippen molar-refractivity contribution in [2.24, 2.45) is 0 Å². The van der Waals surface area contributed by atoms with Gasteiger partial charge in [0.15, 0.2) is 6.04 Å². The van der Waals surface area contributed by atoms with E-state index in [1.165, 1.54) is 18.4 Å². The van der Waals surface area contributed by atoms with Crippen LogP contribution in [0.2, 0.25) is 0 Å². The number of carbonyl (C=O) groups excluding carboxylic acids is 3. The Labute approximate surface area is 123 Å². The van der Waals surface area contributed by atoms with Gasteiger partial charge in [-0.1, -0.05) is 6.07 Å². The first kappa shape index (κ1) is 15.0. The summed E-state index contributed by atoms with van der Waals surface area (Å²) in [4.78, 5) is 47.4. The van der Waals surface area contributed by atoms with Crippen LogP contribution in [-0.2, 0) is 14.4 Å². The minimum absolute atomic E-state index is 0.126. The van der Waals surface area contributed by atoms with Gasteiger partial charge in [0.2, 0.25) is 5.91 Å². The number of carboxylic acid groups (broad SMARTS) is 1. The van der Waals surface area contributed by atoms with Gasteiger partial charge in [0.1, 0.15) is 6.04 Å². The standard InChI is InChI=1S/C12H13N3O5S/c1-15-8(16)5-6(10(15)17)13-12(20)14-9(11(18)19)7-3-2-4-21-7/h2-4,6,9H,5H2,1H3,(H,18,19)(H2,13,14,20). The van der Waals surface area contributed by atoms with Crippen molar-refractivity contribution in [3.8, 4) is 0 Å². The van der Waals surface area contributed by atoms with Crippen molar-refractivity contribution < 1.29 is 24.3 Å². The molecule has 9 heteroatoms. The number of aliphatic carboxylic acids is 1. The zero-order valence-corrected chi connectivity index (χ0v) is 11.8. The molecule has 0 bridgehead atoms. The van der Waals surface area contributed by atoms with Crippen LogP contribution in [0.3, 0.4) is 0 Å². The summed E-state index contributed by atoms with van der Waals surface area (Å²) >= 11 is 1.19. The Hall–Kier alpha value is -2.42. The number of urea groups is 1. The van der Waals surface area contributed by atoms with E-state index in [0.717, 1.165) is 4.90 Å². The molecule has 1 aliphatic heterocycles. The van der Waals surface area contributed by atoms with Gasteiger partial charge in [-0.3, -0.25) is 14.5 Å². The predicted octanol–water partition coefficient (Wildman–Crippen LogP) is -0.0697. The quantitative estimate of drug-likeness (QED) is 0.673. The van der Waals surface area contributed by atoms with Crippen molar-refractivity contribution >= 4 is 35.2 Å². The average Bonchev–Trinajstić information content (AvgIpc) is 3.02. The van der Waals surface area contributed by atoms with Gasteiger partial charge in [0.05, 0.1) is 6.42 Å². The molecule has 21 heavy (non-hydrogen) atoms. The highest BCUT2D eigenvalue weighted by atomic mass is 32.1. The van der Waals surface area contributed by atoms with Crippen LogP contribution in [0.5, 0.6) is 0 Å². The van der Waals surface area contributed by atoms with Gasteiger partial charge in [0, 0.05) is 11.9 Å². The van der Waals surface area contributed by atoms with Crippen LogP contribution < -0.4 is 10.6 Å². The molecule has 2 heterocycles. The second-order valence-corrected chi connectivity index (χ2v) is 5.43. The smallest absolute Gasteiger partial charge is 0.331 e. The molecule has 1 saturated heterocycles. The normalized spacial score (nSPS) is 19.5. The number of thiophene rings is 1. The summed E-state index contributed by atoms with van der Waals surface area (Å²) in [6, 6.07) is 0.290. The lowest BCUT2D eigenvalue weighted by atomic mass is 10.2. The fraction of sp³-hybridized carbons (Fsp3) is 0.333. The van der Waals surface area contributed by atoms with E-state index in [0.29, 0.717) is 4.88 Å². The molecule has 0 saturated carbocycles. The Morgan fingerprint density at radius 3 is 2.67 bits per heavy atom. The van der Waals surface area contributed by atoms with Crippen LogP contribution in [0.15, 0.2) is 17.5 Å². The van der Waals surface area contributed by atoms with Crippen LogP contribution in [0.4, 0.5) is 4.79 Å². The van der Waals surface area contributed by atoms with Crippen molar-refractivity contribution in [1.82, 2.24) is 15.5 Å². The lowest BCUT2D eigenvalue weighted by molar-refractivity contribution is -0.139. The summed E-state index contributed by atoms with van der Waals surface area (Å²) in [6.07, 6.45) is -0.126. The van der Waals surface area contributed by atoms with E-state index in [1.54, 1.807) is 17.5 Å². The van der Waals surface area contributed by atoms with Gasteiger partial charge in [0.25, 0.3) is 5.91 Å². The molecule has 4 amide bonds. The molecule has 1 aromatic heterocycles. The van der Waals surface area contributed by atoms with Crippen LogP contribution in [0.25, 0.3) is 0 Å². The lowest BCUT2D eigenvalue weighted by Gasteiger charge is -2.16. The molecule has 2 unspecified atom stereocenters. The number of carbonyl (C=O) groups is 4. The first-order chi connectivity index (χ1) is 9.90. The monoisotopic (exact) mass is 311 g/mol. The summed E-state index contributed by atoms with van der Waals surface area (Å²) in [7, 11) is 1.33. The maximum Gasteiger partial charge on any atom is 0.331 e. The minimum atomic E-state index is -1.21. The third-order valence-electron chi connectivity index (χ3n) is 3.04. The van der Waals surface area contributed by atoms with E-state index in [2.05, 4.69) is 10.6 Å². The highest BCUT2D eigenvalue weighted by molar-refractivity contribution is 7.10. The van der Waals surface area contributed by atoms with E-state index in [4.69, 9.17) is 5.11 Å². The van der Waals surface area contributed by atoms with E-state index < -0.39 is 35.9 Å². The summed E-state index contributed by atoms with van der Waals surface area (Å²) in [5.74, 6) is -2.12. The molecule has 0 spiro atoms. The number of imide groups is 1. The number of hydrogen-bond donors (Lipinski definition) is 3. The molecule has 112 valence electrons. The van der Waals surface area contributed by atoms with Crippen LogP contribution in [0.1, 0.15) is 17.3 Å². The Kier molecular flexibility index (Phi) is 4.22. The highest BCUT2D eigenvalue weighted by Crippen LogP contribution is 2.19. The summed E-state index contributed by atoms with van der Waals surface area (Å²) in [6.45, 7) is 0. The number of nitrogens with one attached hydrogen (secondary N) is 2. The molecule has 0 aliphatic carbocycles. The van der Waals surface area contributed by atoms with Gasteiger partial charge in [-0.25, -0.2) is 9.59 Å². The van der Waals surface area contributed by atoms with Crippen molar-refractivity contribution in [1.29, 1.82) is 0 Å². The maximum absolute atomic E-state index is 11.8. The van der Waals surface area contributed by atoms with Crippen molar-refractivity contribution in [2.75, 3.05) is 7.05 Å². The second kappa shape index (κ2) is 5.92. The van der Waals surface area contributed by atoms with Crippen molar-refractivity contribution in [3.05, 3.63) is 22.4 Å². The Bertz CT molecular complexity index is 586. The van der Waals surface area contributed by atoms with Gasteiger partial charge in [-0.15, -0.1) is 11.3 Å². The Morgan fingerprint density at radius 2 is 2.19 bits per heavy atom. The molecule has 3 N–H and O–H groups in total. The Balaban J connectivity index is 1.99. The summed E-state index contributed by atoms with van der Waals surface area (Å²) in [5, 5.41) is 15.4. The SMILES string of the molecule is CN1C(=O)CC(NC(=O)NC(C(=O)O)c2cccs2)C1=O. The van der Waals surface area contributed by atoms with Gasteiger partial charge >= 0.3 is 12.0 Å². The van der Waals surface area contributed by atoms with E-state index in [1.807, 2.05) is 0 Å². The molecule has 1 fully saturated rings. The lowest BCUT2D eigenvalue weighted by Crippen LogP contribution is -2.47. The molecule has 2 atom stereocenters. The number of likely N-dealkylation sites (N-methyl/N-ethyl adjacent to an activating group) is 1. The number of carboxylic acids is 1. The van der Waals surface area contributed by atoms with Gasteiger partial charge < -0.3 is 15.7 Å². The topological polar surface area (TPSA) is 116 Å². The zero-order chi connectivity index (χ0) is 15.6.